The Labute approximate surface area is 124 Å². The Morgan fingerprint density at radius 1 is 1.27 bits per heavy atom. The van der Waals surface area contributed by atoms with Crippen LogP contribution in [0, 0.1) is 13.8 Å². The van der Waals surface area contributed by atoms with Crippen LogP contribution < -0.4 is 10.1 Å². The van der Waals surface area contributed by atoms with E-state index < -0.39 is 18.7 Å². The molecule has 0 aliphatic rings. The Hall–Kier alpha value is -2.44. The molecule has 0 aliphatic heterocycles. The van der Waals surface area contributed by atoms with Crippen molar-refractivity contribution < 1.29 is 27.1 Å². The SMILES string of the molecule is Cc1cc(C(=O)Nc2ccccc2OCC(F)(F)F)c(C)o1. The summed E-state index contributed by atoms with van der Waals surface area (Å²) < 4.78 is 46.7. The molecule has 0 spiro atoms. The Morgan fingerprint density at radius 2 is 1.95 bits per heavy atom. The summed E-state index contributed by atoms with van der Waals surface area (Å²) >= 11 is 0. The molecule has 1 aromatic carbocycles. The molecular formula is C15H14F3NO3. The van der Waals surface area contributed by atoms with E-state index in [-0.39, 0.29) is 11.4 Å². The average Bonchev–Trinajstić information content (AvgIpc) is 2.76. The predicted octanol–water partition coefficient (Wildman–Crippen LogP) is 4.09. The van der Waals surface area contributed by atoms with E-state index in [0.29, 0.717) is 17.1 Å². The van der Waals surface area contributed by atoms with Crippen molar-refractivity contribution in [3.63, 3.8) is 0 Å². The molecule has 0 fully saturated rings. The van der Waals surface area contributed by atoms with Crippen LogP contribution in [0.25, 0.3) is 0 Å². The fourth-order valence-electron chi connectivity index (χ4n) is 1.90. The third-order valence-corrected chi connectivity index (χ3v) is 2.81. The molecule has 22 heavy (non-hydrogen) atoms. The van der Waals surface area contributed by atoms with Crippen molar-refractivity contribution in [2.45, 2.75) is 20.0 Å². The molecule has 0 radical (unpaired) electrons. The van der Waals surface area contributed by atoms with Gasteiger partial charge in [-0.05, 0) is 32.0 Å². The van der Waals surface area contributed by atoms with Crippen molar-refractivity contribution in [1.82, 2.24) is 0 Å². The third-order valence-electron chi connectivity index (χ3n) is 2.81. The summed E-state index contributed by atoms with van der Waals surface area (Å²) in [6, 6.07) is 7.49. The van der Waals surface area contributed by atoms with Crippen LogP contribution in [-0.2, 0) is 0 Å². The van der Waals surface area contributed by atoms with E-state index in [2.05, 4.69) is 5.32 Å². The van der Waals surface area contributed by atoms with Crippen molar-refractivity contribution in [2.24, 2.45) is 0 Å². The van der Waals surface area contributed by atoms with E-state index >= 15 is 0 Å². The maximum Gasteiger partial charge on any atom is 0.422 e. The Morgan fingerprint density at radius 3 is 2.55 bits per heavy atom. The van der Waals surface area contributed by atoms with Gasteiger partial charge in [0.05, 0.1) is 11.3 Å². The number of nitrogens with one attached hydrogen (secondary N) is 1. The first-order valence-electron chi connectivity index (χ1n) is 6.43. The molecular weight excluding hydrogens is 299 g/mol. The summed E-state index contributed by atoms with van der Waals surface area (Å²) in [5, 5.41) is 2.53. The molecule has 1 amide bonds. The van der Waals surface area contributed by atoms with Crippen LogP contribution in [0.4, 0.5) is 18.9 Å². The second-order valence-electron chi connectivity index (χ2n) is 4.68. The normalized spacial score (nSPS) is 11.3. The number of halogens is 3. The number of hydrogen-bond acceptors (Lipinski definition) is 3. The number of amides is 1. The zero-order valence-electron chi connectivity index (χ0n) is 12.0. The van der Waals surface area contributed by atoms with Crippen LogP contribution in [0.5, 0.6) is 5.75 Å². The highest BCUT2D eigenvalue weighted by Gasteiger charge is 2.29. The van der Waals surface area contributed by atoms with Crippen molar-refractivity contribution in [2.75, 3.05) is 11.9 Å². The largest absolute Gasteiger partial charge is 0.482 e. The quantitative estimate of drug-likeness (QED) is 0.925. The monoisotopic (exact) mass is 313 g/mol. The zero-order valence-corrected chi connectivity index (χ0v) is 12.0. The van der Waals surface area contributed by atoms with E-state index in [1.807, 2.05) is 0 Å². The van der Waals surface area contributed by atoms with Crippen LogP contribution >= 0.6 is 0 Å². The summed E-state index contributed by atoms with van der Waals surface area (Å²) in [6.07, 6.45) is -4.45. The number of anilines is 1. The van der Waals surface area contributed by atoms with Crippen LogP contribution in [0.1, 0.15) is 21.9 Å². The first-order valence-corrected chi connectivity index (χ1v) is 6.43. The highest BCUT2D eigenvalue weighted by molar-refractivity contribution is 6.05. The summed E-state index contributed by atoms with van der Waals surface area (Å²) in [5.74, 6) is 0.483. The lowest BCUT2D eigenvalue weighted by atomic mass is 10.2. The standard InChI is InChI=1S/C15H14F3NO3/c1-9-7-11(10(2)22-9)14(20)19-12-5-3-4-6-13(12)21-8-15(16,17)18/h3-7H,8H2,1-2H3,(H,19,20). The molecule has 0 unspecified atom stereocenters. The first-order chi connectivity index (χ1) is 10.3. The van der Waals surface area contributed by atoms with Gasteiger partial charge in [-0.1, -0.05) is 12.1 Å². The molecule has 0 saturated carbocycles. The molecule has 2 rings (SSSR count). The second kappa shape index (κ2) is 6.13. The number of alkyl halides is 3. The Kier molecular flexibility index (Phi) is 4.44. The smallest absolute Gasteiger partial charge is 0.422 e. The third kappa shape index (κ3) is 4.03. The first kappa shape index (κ1) is 15.9. The molecule has 2 aromatic rings. The number of aryl methyl sites for hydroxylation is 2. The number of hydrogen-bond donors (Lipinski definition) is 1. The number of furan rings is 1. The van der Waals surface area contributed by atoms with Gasteiger partial charge in [0, 0.05) is 0 Å². The average molecular weight is 313 g/mol. The lowest BCUT2D eigenvalue weighted by Gasteiger charge is -2.13. The molecule has 1 N–H and O–H groups in total. The highest BCUT2D eigenvalue weighted by Crippen LogP contribution is 2.27. The van der Waals surface area contributed by atoms with Gasteiger partial charge >= 0.3 is 6.18 Å². The van der Waals surface area contributed by atoms with Crippen molar-refractivity contribution in [1.29, 1.82) is 0 Å². The van der Waals surface area contributed by atoms with Crippen molar-refractivity contribution in [3.8, 4) is 5.75 Å². The van der Waals surface area contributed by atoms with Crippen molar-refractivity contribution >= 4 is 11.6 Å². The topological polar surface area (TPSA) is 51.5 Å². The van der Waals surface area contributed by atoms with Gasteiger partial charge in [0.15, 0.2) is 6.61 Å². The fourth-order valence-corrected chi connectivity index (χ4v) is 1.90. The van der Waals surface area contributed by atoms with Gasteiger partial charge in [-0.15, -0.1) is 0 Å². The fraction of sp³-hybridized carbons (Fsp3) is 0.267. The minimum Gasteiger partial charge on any atom is -0.482 e. The minimum absolute atomic E-state index is 0.0500. The minimum atomic E-state index is -4.45. The molecule has 1 aromatic heterocycles. The lowest BCUT2D eigenvalue weighted by Crippen LogP contribution is -2.20. The van der Waals surface area contributed by atoms with E-state index in [9.17, 15) is 18.0 Å². The van der Waals surface area contributed by atoms with Crippen molar-refractivity contribution in [3.05, 3.63) is 47.4 Å². The summed E-state index contributed by atoms with van der Waals surface area (Å²) in [6.45, 7) is 1.90. The number of ether oxygens (including phenoxy) is 1. The molecule has 118 valence electrons. The molecule has 0 saturated heterocycles. The molecule has 7 heteroatoms. The Bertz CT molecular complexity index is 677. The molecule has 0 bridgehead atoms. The molecule has 4 nitrogen and oxygen atoms in total. The molecule has 1 heterocycles. The number of carbonyl (C=O) groups is 1. The van der Waals surface area contributed by atoms with Gasteiger partial charge in [-0.3, -0.25) is 4.79 Å². The number of carbonyl (C=O) groups excluding carboxylic acids is 1. The summed E-state index contributed by atoms with van der Waals surface area (Å²) in [7, 11) is 0. The molecule has 0 atom stereocenters. The number of para-hydroxylation sites is 2. The zero-order chi connectivity index (χ0) is 16.3. The van der Waals surface area contributed by atoms with E-state index in [1.54, 1.807) is 26.0 Å². The highest BCUT2D eigenvalue weighted by atomic mass is 19.4. The van der Waals surface area contributed by atoms with E-state index in [4.69, 9.17) is 9.15 Å². The Balaban J connectivity index is 2.16. The molecule has 0 aliphatic carbocycles. The van der Waals surface area contributed by atoms with E-state index in [0.717, 1.165) is 0 Å². The summed E-state index contributed by atoms with van der Waals surface area (Å²) in [4.78, 5) is 12.2. The van der Waals surface area contributed by atoms with Gasteiger partial charge in [0.1, 0.15) is 17.3 Å². The van der Waals surface area contributed by atoms with Gasteiger partial charge in [0.25, 0.3) is 5.91 Å². The lowest BCUT2D eigenvalue weighted by molar-refractivity contribution is -0.153. The maximum atomic E-state index is 12.2. The number of rotatable bonds is 4. The summed E-state index contributed by atoms with van der Waals surface area (Å²) in [5.41, 5.74) is 0.484. The van der Waals surface area contributed by atoms with Gasteiger partial charge < -0.3 is 14.5 Å². The maximum absolute atomic E-state index is 12.2. The van der Waals surface area contributed by atoms with Crippen LogP contribution in [-0.4, -0.2) is 18.7 Å². The van der Waals surface area contributed by atoms with Crippen LogP contribution in [0.15, 0.2) is 34.7 Å². The van der Waals surface area contributed by atoms with Gasteiger partial charge in [-0.2, -0.15) is 13.2 Å². The van der Waals surface area contributed by atoms with E-state index in [1.165, 1.54) is 18.2 Å². The number of benzene rings is 1. The van der Waals surface area contributed by atoms with Crippen LogP contribution in [0.3, 0.4) is 0 Å². The van der Waals surface area contributed by atoms with Gasteiger partial charge in [-0.25, -0.2) is 0 Å². The van der Waals surface area contributed by atoms with Gasteiger partial charge in [0.2, 0.25) is 0 Å². The van der Waals surface area contributed by atoms with Crippen LogP contribution in [0.2, 0.25) is 0 Å². The predicted molar refractivity (Wildman–Crippen MR) is 74.1 cm³/mol. The second-order valence-corrected chi connectivity index (χ2v) is 4.68.